The van der Waals surface area contributed by atoms with Crippen molar-refractivity contribution in [2.24, 2.45) is 10.8 Å². The summed E-state index contributed by atoms with van der Waals surface area (Å²) in [4.78, 5) is 12.0. The second kappa shape index (κ2) is 5.51. The summed E-state index contributed by atoms with van der Waals surface area (Å²) in [6.07, 6.45) is 10.3. The Morgan fingerprint density at radius 1 is 1.36 bits per heavy atom. The summed E-state index contributed by atoms with van der Waals surface area (Å²) >= 11 is 0. The number of rotatable bonds is 4. The summed E-state index contributed by atoms with van der Waals surface area (Å²) < 4.78 is 15.1. The van der Waals surface area contributed by atoms with Gasteiger partial charge in [-0.1, -0.05) is 18.6 Å². The first-order valence-corrected chi connectivity index (χ1v) is 8.64. The fraction of sp³-hybridized carbons (Fsp3) is 0.333. The van der Waals surface area contributed by atoms with Crippen molar-refractivity contribution in [2.45, 2.75) is 32.6 Å². The Morgan fingerprint density at radius 2 is 2.12 bits per heavy atom. The number of hydrogen-bond acceptors (Lipinski definition) is 2. The van der Waals surface area contributed by atoms with Crippen LogP contribution in [0.5, 0.6) is 0 Å². The minimum atomic E-state index is -0.379. The summed E-state index contributed by atoms with van der Waals surface area (Å²) in [5.41, 5.74) is 3.75. The monoisotopic (exact) mass is 336 g/mol. The maximum atomic E-state index is 13.2. The molecule has 25 heavy (non-hydrogen) atoms. The summed E-state index contributed by atoms with van der Waals surface area (Å²) in [6.45, 7) is 6.05. The molecule has 4 heteroatoms. The summed E-state index contributed by atoms with van der Waals surface area (Å²) in [6, 6.07) is 6.36. The van der Waals surface area contributed by atoms with E-state index in [-0.39, 0.29) is 16.6 Å². The van der Waals surface area contributed by atoms with Gasteiger partial charge in [0.05, 0.1) is 17.6 Å². The van der Waals surface area contributed by atoms with E-state index in [1.54, 1.807) is 12.1 Å². The third-order valence-electron chi connectivity index (χ3n) is 6.19. The molecule has 1 heterocycles. The third-order valence-corrected chi connectivity index (χ3v) is 6.19. The topological polar surface area (TPSA) is 34.9 Å². The zero-order valence-electron chi connectivity index (χ0n) is 14.3. The Balaban J connectivity index is 1.80. The first-order chi connectivity index (χ1) is 12.0. The maximum absolute atomic E-state index is 13.2. The summed E-state index contributed by atoms with van der Waals surface area (Å²) in [5.74, 6) is -0.258. The van der Waals surface area contributed by atoms with Gasteiger partial charge in [0.1, 0.15) is 12.1 Å². The molecule has 0 amide bonds. The van der Waals surface area contributed by atoms with Crippen molar-refractivity contribution in [3.05, 3.63) is 65.8 Å². The molecule has 1 aromatic heterocycles. The molecule has 1 fully saturated rings. The fourth-order valence-electron chi connectivity index (χ4n) is 4.59. The number of allylic oxidation sites excluding steroid dienone is 2. The van der Waals surface area contributed by atoms with Gasteiger partial charge in [0.15, 0.2) is 0 Å². The van der Waals surface area contributed by atoms with Gasteiger partial charge in [0.2, 0.25) is 0 Å². The van der Waals surface area contributed by atoms with Gasteiger partial charge in [-0.2, -0.15) is 5.10 Å². The van der Waals surface area contributed by atoms with Gasteiger partial charge >= 0.3 is 0 Å². The van der Waals surface area contributed by atoms with E-state index in [1.165, 1.54) is 17.7 Å². The zero-order valence-corrected chi connectivity index (χ0v) is 14.3. The highest BCUT2D eigenvalue weighted by atomic mass is 19.1. The highest BCUT2D eigenvalue weighted by molar-refractivity contribution is 5.70. The molecular weight excluding hydrogens is 315 g/mol. The van der Waals surface area contributed by atoms with Crippen molar-refractivity contribution in [3.63, 3.8) is 0 Å². The molecule has 2 aliphatic rings. The van der Waals surface area contributed by atoms with Crippen LogP contribution in [0.25, 0.3) is 11.8 Å². The zero-order chi connectivity index (χ0) is 17.7. The molecular formula is C21H21FN2O. The number of benzene rings is 1. The van der Waals surface area contributed by atoms with E-state index in [2.05, 4.69) is 24.7 Å². The number of aldehydes is 1. The standard InChI is InChI=1S/C21H21FN2O/c1-3-9-21(14-25)10-8-16-11-19-15(12-20(16,21)2)13-23-24(19)18-6-4-17(22)5-7-18/h3-7,11,13-14H,1,8-10,12H2,2H3. The number of carbonyl (C=O) groups excluding carboxylic acids is 1. The van der Waals surface area contributed by atoms with Crippen molar-refractivity contribution in [3.8, 4) is 5.69 Å². The number of carbonyl (C=O) groups is 1. The Labute approximate surface area is 146 Å². The first kappa shape index (κ1) is 16.0. The van der Waals surface area contributed by atoms with Crippen molar-refractivity contribution in [1.29, 1.82) is 0 Å². The molecule has 128 valence electrons. The van der Waals surface area contributed by atoms with Crippen LogP contribution in [0.15, 0.2) is 48.7 Å². The lowest BCUT2D eigenvalue weighted by atomic mass is 9.60. The van der Waals surface area contributed by atoms with Crippen molar-refractivity contribution in [2.75, 3.05) is 0 Å². The molecule has 0 spiro atoms. The normalized spacial score (nSPS) is 27.4. The molecule has 0 aliphatic heterocycles. The average Bonchev–Trinajstić information content (AvgIpc) is 3.13. The molecule has 0 bridgehead atoms. The van der Waals surface area contributed by atoms with Gasteiger partial charge < -0.3 is 4.79 Å². The largest absolute Gasteiger partial charge is 0.303 e. The quantitative estimate of drug-likeness (QED) is 0.608. The van der Waals surface area contributed by atoms with E-state index in [0.29, 0.717) is 6.42 Å². The van der Waals surface area contributed by atoms with Crippen LogP contribution in [0, 0.1) is 16.6 Å². The molecule has 2 atom stereocenters. The predicted molar refractivity (Wildman–Crippen MR) is 95.9 cm³/mol. The molecule has 0 saturated heterocycles. The smallest absolute Gasteiger partial charge is 0.127 e. The van der Waals surface area contributed by atoms with Gasteiger partial charge in [-0.05, 0) is 61.6 Å². The van der Waals surface area contributed by atoms with Gasteiger partial charge in [-0.15, -0.1) is 6.58 Å². The second-order valence-corrected chi connectivity index (χ2v) is 7.39. The van der Waals surface area contributed by atoms with Gasteiger partial charge in [0.25, 0.3) is 0 Å². The highest BCUT2D eigenvalue weighted by Gasteiger charge is 2.55. The van der Waals surface area contributed by atoms with Crippen LogP contribution in [0.1, 0.15) is 37.4 Å². The molecule has 0 N–H and O–H groups in total. The SMILES string of the molecule is C=CCC1(C=O)CCC2=Cc3c(cnn3-c3ccc(F)cc3)CC21C. The van der Waals surface area contributed by atoms with E-state index in [4.69, 9.17) is 0 Å². The van der Waals surface area contributed by atoms with Crippen molar-refractivity contribution < 1.29 is 9.18 Å². The molecule has 4 rings (SSSR count). The van der Waals surface area contributed by atoms with E-state index in [1.807, 2.05) is 17.0 Å². The van der Waals surface area contributed by atoms with Gasteiger partial charge in [-0.3, -0.25) is 0 Å². The van der Waals surface area contributed by atoms with Crippen LogP contribution < -0.4 is 0 Å². The molecule has 2 unspecified atom stereocenters. The van der Waals surface area contributed by atoms with E-state index in [0.717, 1.165) is 42.5 Å². The Hall–Kier alpha value is -2.49. The lowest BCUT2D eigenvalue weighted by molar-refractivity contribution is -0.120. The molecule has 1 saturated carbocycles. The molecule has 3 nitrogen and oxygen atoms in total. The number of aromatic nitrogens is 2. The fourth-order valence-corrected chi connectivity index (χ4v) is 4.59. The predicted octanol–water partition coefficient (Wildman–Crippen LogP) is 4.51. The van der Waals surface area contributed by atoms with Crippen LogP contribution in [0.2, 0.25) is 0 Å². The maximum Gasteiger partial charge on any atom is 0.127 e. The van der Waals surface area contributed by atoms with Gasteiger partial charge in [0, 0.05) is 10.8 Å². The average molecular weight is 336 g/mol. The van der Waals surface area contributed by atoms with Crippen LogP contribution in [0.3, 0.4) is 0 Å². The molecule has 2 aliphatic carbocycles. The van der Waals surface area contributed by atoms with Crippen LogP contribution in [-0.4, -0.2) is 16.1 Å². The minimum Gasteiger partial charge on any atom is -0.303 e. The lowest BCUT2D eigenvalue weighted by Crippen LogP contribution is -2.40. The van der Waals surface area contributed by atoms with E-state index in [9.17, 15) is 9.18 Å². The Morgan fingerprint density at radius 3 is 2.80 bits per heavy atom. The number of fused-ring (bicyclic) bond motifs is 2. The number of nitrogens with zero attached hydrogens (tertiary/aromatic N) is 2. The molecule has 1 aromatic carbocycles. The second-order valence-electron chi connectivity index (χ2n) is 7.39. The highest BCUT2D eigenvalue weighted by Crippen LogP contribution is 2.60. The van der Waals surface area contributed by atoms with Crippen LogP contribution in [-0.2, 0) is 11.2 Å². The number of halogens is 1. The van der Waals surface area contributed by atoms with E-state index < -0.39 is 0 Å². The van der Waals surface area contributed by atoms with E-state index >= 15 is 0 Å². The van der Waals surface area contributed by atoms with Crippen LogP contribution >= 0.6 is 0 Å². The third kappa shape index (κ3) is 2.16. The first-order valence-electron chi connectivity index (χ1n) is 8.64. The van der Waals surface area contributed by atoms with Crippen LogP contribution in [0.4, 0.5) is 4.39 Å². The minimum absolute atomic E-state index is 0.188. The number of hydrogen-bond donors (Lipinski definition) is 0. The van der Waals surface area contributed by atoms with Crippen molar-refractivity contribution in [1.82, 2.24) is 9.78 Å². The molecule has 2 aromatic rings. The summed E-state index contributed by atoms with van der Waals surface area (Å²) in [5, 5.41) is 4.52. The lowest BCUT2D eigenvalue weighted by Gasteiger charge is -2.42. The summed E-state index contributed by atoms with van der Waals surface area (Å²) in [7, 11) is 0. The van der Waals surface area contributed by atoms with Gasteiger partial charge in [-0.25, -0.2) is 9.07 Å². The van der Waals surface area contributed by atoms with Crippen molar-refractivity contribution >= 4 is 12.4 Å². The Kier molecular flexibility index (Phi) is 3.53. The Bertz CT molecular complexity index is 880. The molecule has 0 radical (unpaired) electrons.